The minimum Gasteiger partial charge on any atom is -0.394 e. The molecule has 3 heteroatoms. The molecule has 0 aromatic carbocycles. The molecular weight excluding hydrogens is 168 g/mol. The summed E-state index contributed by atoms with van der Waals surface area (Å²) in [4.78, 5) is 0. The van der Waals surface area contributed by atoms with E-state index in [1.165, 1.54) is 0 Å². The van der Waals surface area contributed by atoms with Gasteiger partial charge in [-0.05, 0) is 13.3 Å². The van der Waals surface area contributed by atoms with Crippen LogP contribution in [0.2, 0.25) is 0 Å². The SMILES string of the molecule is CCCC(C)C1(C)OCC(CO)O1. The van der Waals surface area contributed by atoms with Crippen molar-refractivity contribution in [2.24, 2.45) is 5.92 Å². The average molecular weight is 188 g/mol. The fourth-order valence-electron chi connectivity index (χ4n) is 1.70. The van der Waals surface area contributed by atoms with Gasteiger partial charge in [-0.15, -0.1) is 0 Å². The van der Waals surface area contributed by atoms with Crippen LogP contribution in [0.4, 0.5) is 0 Å². The molecule has 0 saturated carbocycles. The van der Waals surface area contributed by atoms with Gasteiger partial charge in [-0.1, -0.05) is 20.3 Å². The highest BCUT2D eigenvalue weighted by atomic mass is 16.7. The number of hydrogen-bond donors (Lipinski definition) is 1. The lowest BCUT2D eigenvalue weighted by Crippen LogP contribution is -2.35. The van der Waals surface area contributed by atoms with E-state index < -0.39 is 5.79 Å². The van der Waals surface area contributed by atoms with E-state index in [4.69, 9.17) is 14.6 Å². The summed E-state index contributed by atoms with van der Waals surface area (Å²) >= 11 is 0. The summed E-state index contributed by atoms with van der Waals surface area (Å²) in [7, 11) is 0. The van der Waals surface area contributed by atoms with Gasteiger partial charge in [0.05, 0.1) is 13.2 Å². The minimum atomic E-state index is -0.483. The number of ether oxygens (including phenoxy) is 2. The average Bonchev–Trinajstić information content (AvgIpc) is 2.49. The molecule has 0 aromatic rings. The molecule has 3 nitrogen and oxygen atoms in total. The van der Waals surface area contributed by atoms with Crippen LogP contribution in [0.15, 0.2) is 0 Å². The molecule has 1 aliphatic heterocycles. The Hall–Kier alpha value is -0.120. The summed E-state index contributed by atoms with van der Waals surface area (Å²) in [6.07, 6.45) is 2.09. The van der Waals surface area contributed by atoms with Crippen LogP contribution >= 0.6 is 0 Å². The zero-order valence-electron chi connectivity index (χ0n) is 8.75. The fourth-order valence-corrected chi connectivity index (χ4v) is 1.70. The number of hydrogen-bond acceptors (Lipinski definition) is 3. The van der Waals surface area contributed by atoms with E-state index in [1.807, 2.05) is 6.92 Å². The predicted octanol–water partition coefficient (Wildman–Crippen LogP) is 1.55. The summed E-state index contributed by atoms with van der Waals surface area (Å²) in [6, 6.07) is 0. The Balaban J connectivity index is 2.47. The minimum absolute atomic E-state index is 0.0500. The first kappa shape index (κ1) is 11.0. The molecule has 0 aromatic heterocycles. The van der Waals surface area contributed by atoms with Gasteiger partial charge < -0.3 is 14.6 Å². The van der Waals surface area contributed by atoms with Crippen molar-refractivity contribution in [1.29, 1.82) is 0 Å². The fraction of sp³-hybridized carbons (Fsp3) is 1.00. The van der Waals surface area contributed by atoms with Crippen LogP contribution in [0.25, 0.3) is 0 Å². The van der Waals surface area contributed by atoms with Gasteiger partial charge in [-0.25, -0.2) is 0 Å². The highest BCUT2D eigenvalue weighted by Crippen LogP contribution is 2.33. The third kappa shape index (κ3) is 2.42. The van der Waals surface area contributed by atoms with Crippen LogP contribution in [-0.4, -0.2) is 30.2 Å². The van der Waals surface area contributed by atoms with E-state index in [1.54, 1.807) is 0 Å². The Morgan fingerprint density at radius 3 is 2.77 bits per heavy atom. The van der Waals surface area contributed by atoms with Crippen molar-refractivity contribution < 1.29 is 14.6 Å². The smallest absolute Gasteiger partial charge is 0.168 e. The molecular formula is C10H20O3. The molecule has 13 heavy (non-hydrogen) atoms. The lowest BCUT2D eigenvalue weighted by atomic mass is 9.97. The standard InChI is InChI=1S/C10H20O3/c1-4-5-8(2)10(3)12-7-9(6-11)13-10/h8-9,11H,4-7H2,1-3H3. The second kappa shape index (κ2) is 4.40. The highest BCUT2D eigenvalue weighted by Gasteiger charge is 2.40. The maximum Gasteiger partial charge on any atom is 0.168 e. The second-order valence-corrected chi connectivity index (χ2v) is 3.94. The van der Waals surface area contributed by atoms with Crippen LogP contribution in [-0.2, 0) is 9.47 Å². The molecule has 0 bridgehead atoms. The Morgan fingerprint density at radius 1 is 1.62 bits per heavy atom. The number of aliphatic hydroxyl groups excluding tert-OH is 1. The molecule has 0 radical (unpaired) electrons. The second-order valence-electron chi connectivity index (χ2n) is 3.94. The van der Waals surface area contributed by atoms with Crippen LogP contribution in [0.5, 0.6) is 0 Å². The Labute approximate surface area is 80.0 Å². The first-order valence-corrected chi connectivity index (χ1v) is 5.05. The van der Waals surface area contributed by atoms with Gasteiger partial charge in [0.2, 0.25) is 0 Å². The van der Waals surface area contributed by atoms with Crippen LogP contribution in [0, 0.1) is 5.92 Å². The molecule has 1 saturated heterocycles. The predicted molar refractivity (Wildman–Crippen MR) is 50.4 cm³/mol. The molecule has 1 N–H and O–H groups in total. The third-order valence-corrected chi connectivity index (χ3v) is 2.78. The normalized spacial score (nSPS) is 36.5. The van der Waals surface area contributed by atoms with Gasteiger partial charge in [0.1, 0.15) is 6.10 Å². The summed E-state index contributed by atoms with van der Waals surface area (Å²) in [5, 5.41) is 8.90. The third-order valence-electron chi connectivity index (χ3n) is 2.78. The van der Waals surface area contributed by atoms with Crippen molar-refractivity contribution in [3.8, 4) is 0 Å². The molecule has 78 valence electrons. The molecule has 3 atom stereocenters. The van der Waals surface area contributed by atoms with E-state index in [0.717, 1.165) is 12.8 Å². The van der Waals surface area contributed by atoms with Gasteiger partial charge in [-0.2, -0.15) is 0 Å². The topological polar surface area (TPSA) is 38.7 Å². The van der Waals surface area contributed by atoms with Gasteiger partial charge in [-0.3, -0.25) is 0 Å². The van der Waals surface area contributed by atoms with Crippen molar-refractivity contribution >= 4 is 0 Å². The highest BCUT2D eigenvalue weighted by molar-refractivity contribution is 4.79. The van der Waals surface area contributed by atoms with Crippen LogP contribution < -0.4 is 0 Å². The molecule has 0 aliphatic carbocycles. The van der Waals surface area contributed by atoms with Crippen molar-refractivity contribution in [3.05, 3.63) is 0 Å². The summed E-state index contributed by atoms with van der Waals surface area (Å²) in [6.45, 7) is 6.81. The van der Waals surface area contributed by atoms with Gasteiger partial charge in [0.15, 0.2) is 5.79 Å². The maximum atomic E-state index is 8.90. The van der Waals surface area contributed by atoms with Crippen LogP contribution in [0.1, 0.15) is 33.6 Å². The molecule has 1 fully saturated rings. The zero-order chi connectivity index (χ0) is 9.90. The van der Waals surface area contributed by atoms with E-state index in [9.17, 15) is 0 Å². The summed E-state index contributed by atoms with van der Waals surface area (Å²) in [5.41, 5.74) is 0. The van der Waals surface area contributed by atoms with Crippen molar-refractivity contribution in [2.75, 3.05) is 13.2 Å². The van der Waals surface area contributed by atoms with Crippen molar-refractivity contribution in [1.82, 2.24) is 0 Å². The molecule has 1 aliphatic rings. The molecule has 0 amide bonds. The summed E-state index contributed by atoms with van der Waals surface area (Å²) < 4.78 is 11.2. The first-order chi connectivity index (χ1) is 6.12. The van der Waals surface area contributed by atoms with E-state index in [-0.39, 0.29) is 12.7 Å². The van der Waals surface area contributed by atoms with Gasteiger partial charge >= 0.3 is 0 Å². The Morgan fingerprint density at radius 2 is 2.31 bits per heavy atom. The van der Waals surface area contributed by atoms with Crippen molar-refractivity contribution in [2.45, 2.75) is 45.5 Å². The Bertz CT molecular complexity index is 160. The lowest BCUT2D eigenvalue weighted by Gasteiger charge is -2.29. The molecule has 3 unspecified atom stereocenters. The monoisotopic (exact) mass is 188 g/mol. The summed E-state index contributed by atoms with van der Waals surface area (Å²) in [5.74, 6) is -0.0994. The largest absolute Gasteiger partial charge is 0.394 e. The molecule has 1 heterocycles. The van der Waals surface area contributed by atoms with Gasteiger partial charge in [0, 0.05) is 5.92 Å². The van der Waals surface area contributed by atoms with Crippen LogP contribution in [0.3, 0.4) is 0 Å². The number of rotatable bonds is 4. The quantitative estimate of drug-likeness (QED) is 0.727. The van der Waals surface area contributed by atoms with E-state index in [0.29, 0.717) is 12.5 Å². The maximum absolute atomic E-state index is 8.90. The Kier molecular flexibility index (Phi) is 3.71. The molecule has 1 rings (SSSR count). The lowest BCUT2D eigenvalue weighted by molar-refractivity contribution is -0.191. The zero-order valence-corrected chi connectivity index (χ0v) is 8.75. The van der Waals surface area contributed by atoms with E-state index in [2.05, 4.69) is 13.8 Å². The van der Waals surface area contributed by atoms with Gasteiger partial charge in [0.25, 0.3) is 0 Å². The first-order valence-electron chi connectivity index (χ1n) is 5.05. The van der Waals surface area contributed by atoms with Crippen molar-refractivity contribution in [3.63, 3.8) is 0 Å². The van der Waals surface area contributed by atoms with E-state index >= 15 is 0 Å². The molecule has 0 spiro atoms. The number of aliphatic hydroxyl groups is 1.